The molecule has 1 aliphatic heterocycles. The molecule has 0 aliphatic carbocycles. The number of morpholine rings is 1. The average Bonchev–Trinajstić information content (AvgIpc) is 2.81. The number of benzene rings is 3. The maximum Gasteiger partial charge on any atom is 0.115 e. The van der Waals surface area contributed by atoms with Crippen LogP contribution in [0.2, 0.25) is 0 Å². The number of para-hydroxylation sites is 1. The monoisotopic (exact) mass is 400 g/mol. The molecule has 3 nitrogen and oxygen atoms in total. The van der Waals surface area contributed by atoms with Gasteiger partial charge in [-0.2, -0.15) is 0 Å². The summed E-state index contributed by atoms with van der Waals surface area (Å²) in [6.45, 7) is 3.06. The van der Waals surface area contributed by atoms with Gasteiger partial charge in [-0.3, -0.25) is 0 Å². The van der Waals surface area contributed by atoms with Gasteiger partial charge in [0.2, 0.25) is 0 Å². The zero-order valence-electron chi connectivity index (χ0n) is 16.3. The van der Waals surface area contributed by atoms with E-state index in [0.29, 0.717) is 13.2 Å². The Morgan fingerprint density at radius 1 is 0.724 bits per heavy atom. The molecule has 29 heavy (non-hydrogen) atoms. The third kappa shape index (κ3) is 4.73. The second kappa shape index (κ2) is 9.50. The molecule has 1 saturated heterocycles. The number of thiocarbonyl (C=S) groups is 1. The first kappa shape index (κ1) is 19.4. The van der Waals surface area contributed by atoms with Crippen molar-refractivity contribution in [3.63, 3.8) is 0 Å². The minimum absolute atomic E-state index is 0.708. The van der Waals surface area contributed by atoms with E-state index in [0.717, 1.165) is 46.2 Å². The Hall–Kier alpha value is -2.95. The summed E-state index contributed by atoms with van der Waals surface area (Å²) >= 11 is 6.03. The van der Waals surface area contributed by atoms with E-state index >= 15 is 0 Å². The van der Waals surface area contributed by atoms with Gasteiger partial charge in [0, 0.05) is 24.4 Å². The topological polar surface area (TPSA) is 24.5 Å². The number of hydrogen-bond donors (Lipinski definition) is 1. The third-order valence-electron chi connectivity index (χ3n) is 4.93. The van der Waals surface area contributed by atoms with Gasteiger partial charge in [-0.15, -0.1) is 0 Å². The van der Waals surface area contributed by atoms with E-state index in [2.05, 4.69) is 58.7 Å². The van der Waals surface area contributed by atoms with Gasteiger partial charge in [-0.1, -0.05) is 91.1 Å². The lowest BCUT2D eigenvalue weighted by Gasteiger charge is -2.34. The smallest absolute Gasteiger partial charge is 0.115 e. The number of nitrogens with zero attached hydrogens (tertiary/aromatic N) is 1. The van der Waals surface area contributed by atoms with Crippen LogP contribution in [0.5, 0.6) is 0 Å². The Bertz CT molecular complexity index is 965. The summed E-state index contributed by atoms with van der Waals surface area (Å²) in [5.41, 5.74) is 4.23. The molecule has 0 amide bonds. The van der Waals surface area contributed by atoms with Crippen molar-refractivity contribution in [1.29, 1.82) is 0 Å². The third-order valence-corrected chi connectivity index (χ3v) is 5.37. The summed E-state index contributed by atoms with van der Waals surface area (Å²) in [6, 6.07) is 30.9. The van der Waals surface area contributed by atoms with Gasteiger partial charge in [-0.05, 0) is 23.3 Å². The number of rotatable bonds is 6. The van der Waals surface area contributed by atoms with Crippen molar-refractivity contribution in [2.45, 2.75) is 0 Å². The van der Waals surface area contributed by atoms with Crippen LogP contribution < -0.4 is 5.32 Å². The van der Waals surface area contributed by atoms with Crippen molar-refractivity contribution < 1.29 is 4.74 Å². The van der Waals surface area contributed by atoms with E-state index in [9.17, 15) is 0 Å². The predicted octanol–water partition coefficient (Wildman–Crippen LogP) is 5.22. The minimum Gasteiger partial charge on any atom is -0.378 e. The highest BCUT2D eigenvalue weighted by Crippen LogP contribution is 2.28. The van der Waals surface area contributed by atoms with Gasteiger partial charge >= 0.3 is 0 Å². The Labute approximate surface area is 177 Å². The first-order valence-corrected chi connectivity index (χ1v) is 10.3. The van der Waals surface area contributed by atoms with Gasteiger partial charge in [0.15, 0.2) is 0 Å². The van der Waals surface area contributed by atoms with Crippen LogP contribution in [0.1, 0.15) is 11.1 Å². The van der Waals surface area contributed by atoms with E-state index in [1.807, 2.05) is 42.5 Å². The Balaban J connectivity index is 1.87. The molecule has 0 saturated carbocycles. The van der Waals surface area contributed by atoms with Crippen LogP contribution in [0.4, 0.5) is 5.69 Å². The van der Waals surface area contributed by atoms with Gasteiger partial charge in [0.05, 0.1) is 18.1 Å². The fourth-order valence-corrected chi connectivity index (χ4v) is 3.81. The molecule has 3 aromatic rings. The van der Waals surface area contributed by atoms with E-state index in [4.69, 9.17) is 17.0 Å². The molecule has 0 bridgehead atoms. The highest BCUT2D eigenvalue weighted by molar-refractivity contribution is 7.82. The van der Waals surface area contributed by atoms with Crippen molar-refractivity contribution in [1.82, 2.24) is 4.90 Å². The second-order valence-corrected chi connectivity index (χ2v) is 7.28. The van der Waals surface area contributed by atoms with Gasteiger partial charge in [-0.25, -0.2) is 0 Å². The van der Waals surface area contributed by atoms with Crippen LogP contribution in [0, 0.1) is 0 Å². The van der Waals surface area contributed by atoms with Crippen molar-refractivity contribution in [2.24, 2.45) is 0 Å². The highest BCUT2D eigenvalue weighted by atomic mass is 32.1. The largest absolute Gasteiger partial charge is 0.378 e. The Morgan fingerprint density at radius 2 is 1.24 bits per heavy atom. The zero-order chi connectivity index (χ0) is 19.9. The van der Waals surface area contributed by atoms with Crippen molar-refractivity contribution in [2.75, 3.05) is 31.6 Å². The molecule has 1 aliphatic rings. The van der Waals surface area contributed by atoms with Crippen LogP contribution in [-0.2, 0) is 4.74 Å². The Kier molecular flexibility index (Phi) is 6.35. The Morgan fingerprint density at radius 3 is 1.83 bits per heavy atom. The normalized spacial score (nSPS) is 14.8. The lowest BCUT2D eigenvalue weighted by molar-refractivity contribution is 0.0547. The quantitative estimate of drug-likeness (QED) is 0.348. The second-order valence-electron chi connectivity index (χ2n) is 6.88. The summed E-state index contributed by atoms with van der Waals surface area (Å²) in [5.74, 6) is 1.03. The molecule has 4 heteroatoms. The maximum absolute atomic E-state index is 6.03. The predicted molar refractivity (Wildman–Crippen MR) is 124 cm³/mol. The van der Waals surface area contributed by atoms with Crippen molar-refractivity contribution in [3.05, 3.63) is 108 Å². The van der Waals surface area contributed by atoms with Gasteiger partial charge in [0.25, 0.3) is 0 Å². The highest BCUT2D eigenvalue weighted by Gasteiger charge is 2.22. The summed E-state index contributed by atoms with van der Waals surface area (Å²) in [4.78, 5) is 3.18. The number of anilines is 1. The molecule has 146 valence electrons. The molecule has 0 atom stereocenters. The molecule has 1 heterocycles. The van der Waals surface area contributed by atoms with Crippen LogP contribution in [0.15, 0.2) is 96.8 Å². The van der Waals surface area contributed by atoms with Crippen LogP contribution >= 0.6 is 12.2 Å². The van der Waals surface area contributed by atoms with Crippen LogP contribution in [-0.4, -0.2) is 36.1 Å². The van der Waals surface area contributed by atoms with E-state index in [-0.39, 0.29) is 0 Å². The number of hydrogen-bond acceptors (Lipinski definition) is 4. The first-order chi connectivity index (χ1) is 14.3. The van der Waals surface area contributed by atoms with Gasteiger partial charge in [0.1, 0.15) is 5.82 Å². The maximum atomic E-state index is 6.03. The summed E-state index contributed by atoms with van der Waals surface area (Å²) in [5, 5.41) is 3.66. The summed E-state index contributed by atoms with van der Waals surface area (Å²) < 4.78 is 5.61. The van der Waals surface area contributed by atoms with Crippen LogP contribution in [0.3, 0.4) is 0 Å². The number of ether oxygens (including phenoxy) is 1. The van der Waals surface area contributed by atoms with Gasteiger partial charge < -0.3 is 15.0 Å². The van der Waals surface area contributed by atoms with Crippen molar-refractivity contribution in [3.8, 4) is 0 Å². The zero-order valence-corrected chi connectivity index (χ0v) is 17.1. The first-order valence-electron chi connectivity index (χ1n) is 9.87. The van der Waals surface area contributed by atoms with E-state index < -0.39 is 0 Å². The minimum atomic E-state index is 0.708. The molecular weight excluding hydrogens is 376 g/mol. The standard InChI is InChI=1S/C25H24N2OS/c29-24(21-12-6-2-7-13-21)23(20-10-4-1-5-11-20)25(27-16-18-28-19-17-27)26-22-14-8-3-9-15-22/h1-15,26H,16-19H2/b25-23-. The molecule has 1 fully saturated rings. The summed E-state index contributed by atoms with van der Waals surface area (Å²) in [6.07, 6.45) is 0. The van der Waals surface area contributed by atoms with Crippen LogP contribution in [0.25, 0.3) is 5.57 Å². The molecule has 3 aromatic carbocycles. The molecule has 0 spiro atoms. The molecule has 0 unspecified atom stereocenters. The summed E-state index contributed by atoms with van der Waals surface area (Å²) in [7, 11) is 0. The lowest BCUT2D eigenvalue weighted by Crippen LogP contribution is -2.39. The van der Waals surface area contributed by atoms with E-state index in [1.165, 1.54) is 0 Å². The fourth-order valence-electron chi connectivity index (χ4n) is 3.46. The lowest BCUT2D eigenvalue weighted by atomic mass is 9.97. The number of nitrogens with one attached hydrogen (secondary N) is 1. The molecule has 4 rings (SSSR count). The van der Waals surface area contributed by atoms with Crippen molar-refractivity contribution >= 4 is 28.3 Å². The molecule has 0 radical (unpaired) electrons. The number of allylic oxidation sites excluding steroid dienone is 1. The average molecular weight is 401 g/mol. The molecule has 1 N–H and O–H groups in total. The fraction of sp³-hybridized carbons (Fsp3) is 0.160. The molecule has 0 aromatic heterocycles. The SMILES string of the molecule is S=C(/C(=C(/Nc1ccccc1)N1CCOCC1)c1ccccc1)c1ccccc1. The molecular formula is C25H24N2OS. The van der Waals surface area contributed by atoms with E-state index in [1.54, 1.807) is 0 Å².